The second-order valence-corrected chi connectivity index (χ2v) is 7.33. The number of nitrogens with two attached hydrogens (primary N) is 1. The molecule has 1 aliphatic heterocycles. The quantitative estimate of drug-likeness (QED) is 0.324. The van der Waals surface area contributed by atoms with Gasteiger partial charge >= 0.3 is 0 Å². The van der Waals surface area contributed by atoms with Crippen LogP contribution in [0.4, 0.5) is 5.95 Å². The lowest BCUT2D eigenvalue weighted by Crippen LogP contribution is -2.35. The van der Waals surface area contributed by atoms with Crippen molar-refractivity contribution in [3.05, 3.63) is 58.8 Å². The lowest BCUT2D eigenvalue weighted by atomic mass is 10.1. The van der Waals surface area contributed by atoms with E-state index in [1.54, 1.807) is 6.07 Å². The topological polar surface area (TPSA) is 175 Å². The summed E-state index contributed by atoms with van der Waals surface area (Å²) < 4.78 is 18.5. The molecule has 5 rings (SSSR count). The molecule has 0 bridgehead atoms. The summed E-state index contributed by atoms with van der Waals surface area (Å²) in [4.78, 5) is 22.6. The fraction of sp³-hybridized carbons (Fsp3) is 0.300. The van der Waals surface area contributed by atoms with Gasteiger partial charge in [-0.2, -0.15) is 4.98 Å². The van der Waals surface area contributed by atoms with Gasteiger partial charge < -0.3 is 29.9 Å². The fourth-order valence-electron chi connectivity index (χ4n) is 3.71. The van der Waals surface area contributed by atoms with Crippen LogP contribution < -0.4 is 11.3 Å². The van der Waals surface area contributed by atoms with E-state index < -0.39 is 36.7 Å². The lowest BCUT2D eigenvalue weighted by molar-refractivity contribution is -0.0797. The highest BCUT2D eigenvalue weighted by atomic mass is 16.6. The number of aromatic nitrogens is 5. The number of anilines is 1. The molecule has 4 heterocycles. The SMILES string of the molecule is Nc1nc2c(ncn2[C@@H]2O[C@H](CO)[C@@H](O)[C@H]2OCc2cc(-c3ccccc3)no2)c(=O)[nH]1. The summed E-state index contributed by atoms with van der Waals surface area (Å²) in [5, 5.41) is 24.3. The van der Waals surface area contributed by atoms with Crippen LogP contribution in [0.25, 0.3) is 22.4 Å². The first kappa shape index (κ1) is 20.3. The van der Waals surface area contributed by atoms with Crippen LogP contribution in [0.1, 0.15) is 12.0 Å². The van der Waals surface area contributed by atoms with Crippen LogP contribution in [-0.4, -0.2) is 59.8 Å². The van der Waals surface area contributed by atoms with Gasteiger partial charge in [-0.1, -0.05) is 35.5 Å². The minimum absolute atomic E-state index is 0.0116. The van der Waals surface area contributed by atoms with E-state index in [2.05, 4.69) is 20.1 Å². The van der Waals surface area contributed by atoms with Crippen LogP contribution >= 0.6 is 0 Å². The smallest absolute Gasteiger partial charge is 0.280 e. The van der Waals surface area contributed by atoms with Crippen LogP contribution in [0, 0.1) is 0 Å². The first-order valence-corrected chi connectivity index (χ1v) is 9.84. The second kappa shape index (κ2) is 8.16. The summed E-state index contributed by atoms with van der Waals surface area (Å²) in [7, 11) is 0. The number of nitrogens with one attached hydrogen (secondary N) is 1. The van der Waals surface area contributed by atoms with Crippen LogP contribution in [0.2, 0.25) is 0 Å². The Bertz CT molecular complexity index is 1280. The molecule has 0 spiro atoms. The molecule has 0 saturated carbocycles. The number of benzene rings is 1. The fourth-order valence-corrected chi connectivity index (χ4v) is 3.71. The molecule has 0 unspecified atom stereocenters. The normalized spacial score (nSPS) is 23.2. The zero-order chi connectivity index (χ0) is 22.2. The molecule has 1 aromatic carbocycles. The number of rotatable bonds is 6. The molecule has 0 radical (unpaired) electrons. The van der Waals surface area contributed by atoms with Crippen molar-refractivity contribution in [1.29, 1.82) is 0 Å². The van der Waals surface area contributed by atoms with E-state index in [4.69, 9.17) is 19.7 Å². The van der Waals surface area contributed by atoms with E-state index in [0.29, 0.717) is 11.5 Å². The van der Waals surface area contributed by atoms with Crippen molar-refractivity contribution in [2.24, 2.45) is 0 Å². The van der Waals surface area contributed by atoms with Crippen molar-refractivity contribution >= 4 is 17.1 Å². The molecule has 4 atom stereocenters. The third kappa shape index (κ3) is 3.54. The molecule has 166 valence electrons. The summed E-state index contributed by atoms with van der Waals surface area (Å²) in [5.41, 5.74) is 6.93. The predicted molar refractivity (Wildman–Crippen MR) is 110 cm³/mol. The molecule has 1 fully saturated rings. The van der Waals surface area contributed by atoms with Crippen molar-refractivity contribution in [3.63, 3.8) is 0 Å². The first-order chi connectivity index (χ1) is 15.5. The zero-order valence-electron chi connectivity index (χ0n) is 16.7. The van der Waals surface area contributed by atoms with Gasteiger partial charge in [-0.15, -0.1) is 0 Å². The first-order valence-electron chi connectivity index (χ1n) is 9.84. The summed E-state index contributed by atoms with van der Waals surface area (Å²) in [6, 6.07) is 11.3. The largest absolute Gasteiger partial charge is 0.394 e. The number of nitrogens with zero attached hydrogens (tertiary/aromatic N) is 4. The zero-order valence-corrected chi connectivity index (χ0v) is 16.7. The van der Waals surface area contributed by atoms with E-state index in [1.807, 2.05) is 30.3 Å². The Morgan fingerprint density at radius 2 is 2.09 bits per heavy atom. The van der Waals surface area contributed by atoms with Gasteiger partial charge in [-0.05, 0) is 0 Å². The number of imidazole rings is 1. The average molecular weight is 440 g/mol. The van der Waals surface area contributed by atoms with Gasteiger partial charge in [0.1, 0.15) is 30.6 Å². The predicted octanol–water partition coefficient (Wildman–Crippen LogP) is 0.193. The molecule has 1 aliphatic rings. The maximum atomic E-state index is 12.1. The van der Waals surface area contributed by atoms with Crippen molar-refractivity contribution in [3.8, 4) is 11.3 Å². The van der Waals surface area contributed by atoms with Gasteiger partial charge in [0.15, 0.2) is 23.2 Å². The molecule has 0 aliphatic carbocycles. The Balaban J connectivity index is 1.41. The summed E-state index contributed by atoms with van der Waals surface area (Å²) in [5.74, 6) is 0.352. The third-order valence-corrected chi connectivity index (χ3v) is 5.26. The highest BCUT2D eigenvalue weighted by Crippen LogP contribution is 2.34. The number of aromatic amines is 1. The molecule has 12 heteroatoms. The highest BCUT2D eigenvalue weighted by molar-refractivity contribution is 5.70. The summed E-state index contributed by atoms with van der Waals surface area (Å²) in [6.07, 6.45) is -2.55. The van der Waals surface area contributed by atoms with E-state index >= 15 is 0 Å². The number of hydrogen-bond acceptors (Lipinski definition) is 10. The van der Waals surface area contributed by atoms with Crippen molar-refractivity contribution in [2.75, 3.05) is 12.3 Å². The number of hydrogen-bond donors (Lipinski definition) is 4. The monoisotopic (exact) mass is 440 g/mol. The van der Waals surface area contributed by atoms with E-state index in [-0.39, 0.29) is 23.7 Å². The number of ether oxygens (including phenoxy) is 2. The Morgan fingerprint density at radius 3 is 2.88 bits per heavy atom. The molecule has 3 aromatic heterocycles. The van der Waals surface area contributed by atoms with Crippen molar-refractivity contribution in [2.45, 2.75) is 31.1 Å². The Kier molecular flexibility index (Phi) is 5.19. The summed E-state index contributed by atoms with van der Waals surface area (Å²) >= 11 is 0. The average Bonchev–Trinajstić information content (AvgIpc) is 3.50. The Labute approximate surface area is 180 Å². The third-order valence-electron chi connectivity index (χ3n) is 5.26. The summed E-state index contributed by atoms with van der Waals surface area (Å²) in [6.45, 7) is -0.441. The number of nitrogen functional groups attached to an aromatic ring is 1. The molecule has 1 saturated heterocycles. The van der Waals surface area contributed by atoms with Gasteiger partial charge in [0.25, 0.3) is 5.56 Å². The van der Waals surface area contributed by atoms with Gasteiger partial charge in [-0.25, -0.2) is 4.98 Å². The van der Waals surface area contributed by atoms with Gasteiger partial charge in [-0.3, -0.25) is 14.3 Å². The van der Waals surface area contributed by atoms with Gasteiger partial charge in [0.2, 0.25) is 5.95 Å². The van der Waals surface area contributed by atoms with Crippen molar-refractivity contribution in [1.82, 2.24) is 24.7 Å². The van der Waals surface area contributed by atoms with E-state index in [1.165, 1.54) is 10.9 Å². The number of fused-ring (bicyclic) bond motifs is 1. The van der Waals surface area contributed by atoms with Crippen molar-refractivity contribution < 1.29 is 24.2 Å². The van der Waals surface area contributed by atoms with Crippen LogP contribution in [0.5, 0.6) is 0 Å². The molecular weight excluding hydrogens is 420 g/mol. The highest BCUT2D eigenvalue weighted by Gasteiger charge is 2.46. The standard InChI is InChI=1S/C20H20N6O6/c21-20-23-17-14(18(29)24-20)22-9-26(17)19-16(15(28)13(7-27)31-19)30-8-11-6-12(25-32-11)10-4-2-1-3-5-10/h1-6,9,13,15-16,19,27-28H,7-8H2,(H3,21,23,24,29)/t13-,15-,16-,19-/m1/s1. The molecule has 5 N–H and O–H groups in total. The molecule has 0 amide bonds. The lowest BCUT2D eigenvalue weighted by Gasteiger charge is -2.21. The number of aliphatic hydroxyl groups is 2. The molecule has 32 heavy (non-hydrogen) atoms. The number of aliphatic hydroxyl groups excluding tert-OH is 2. The van der Waals surface area contributed by atoms with E-state index in [9.17, 15) is 15.0 Å². The van der Waals surface area contributed by atoms with Crippen LogP contribution in [0.3, 0.4) is 0 Å². The Morgan fingerprint density at radius 1 is 1.28 bits per heavy atom. The molecule has 4 aromatic rings. The Hall–Kier alpha value is -3.58. The van der Waals surface area contributed by atoms with Gasteiger partial charge in [0, 0.05) is 11.6 Å². The maximum absolute atomic E-state index is 12.1. The van der Waals surface area contributed by atoms with E-state index in [0.717, 1.165) is 5.56 Å². The molecular formula is C20H20N6O6. The maximum Gasteiger partial charge on any atom is 0.280 e. The van der Waals surface area contributed by atoms with Gasteiger partial charge in [0.05, 0.1) is 12.9 Å². The van der Waals surface area contributed by atoms with Crippen LogP contribution in [-0.2, 0) is 16.1 Å². The molecule has 12 nitrogen and oxygen atoms in total. The van der Waals surface area contributed by atoms with Crippen LogP contribution in [0.15, 0.2) is 52.0 Å². The minimum Gasteiger partial charge on any atom is -0.394 e. The number of H-pyrrole nitrogens is 1. The second-order valence-electron chi connectivity index (χ2n) is 7.33. The minimum atomic E-state index is -1.15.